The van der Waals surface area contributed by atoms with E-state index >= 15 is 0 Å². The van der Waals surface area contributed by atoms with E-state index in [9.17, 15) is 9.59 Å². The summed E-state index contributed by atoms with van der Waals surface area (Å²) in [6, 6.07) is 19.1. The van der Waals surface area contributed by atoms with E-state index in [2.05, 4.69) is 5.32 Å². The molecule has 1 heterocycles. The smallest absolute Gasteiger partial charge is 0.421 e. The van der Waals surface area contributed by atoms with Crippen molar-refractivity contribution in [3.8, 4) is 0 Å². The average molecular weight is 514 g/mol. The van der Waals surface area contributed by atoms with Crippen molar-refractivity contribution in [3.05, 3.63) is 81.8 Å². The molecule has 1 saturated heterocycles. The second-order valence-corrected chi connectivity index (χ2v) is 9.68. The van der Waals surface area contributed by atoms with Gasteiger partial charge in [-0.2, -0.15) is 5.01 Å². The first kappa shape index (κ1) is 23.7. The second-order valence-electron chi connectivity index (χ2n) is 8.87. The van der Waals surface area contributed by atoms with Crippen LogP contribution in [0.5, 0.6) is 0 Å². The molecule has 3 aromatic carbocycles. The predicted octanol–water partition coefficient (Wildman–Crippen LogP) is 6.82. The summed E-state index contributed by atoms with van der Waals surface area (Å²) in [6.07, 6.45) is 2.76. The molecule has 7 nitrogen and oxygen atoms in total. The number of hydrazine groups is 1. The van der Waals surface area contributed by atoms with Gasteiger partial charge in [-0.1, -0.05) is 72.1 Å². The number of carbonyl (C=O) groups is 2. The van der Waals surface area contributed by atoms with Gasteiger partial charge in [-0.25, -0.2) is 9.59 Å². The summed E-state index contributed by atoms with van der Waals surface area (Å²) in [5.41, 5.74) is 0.677. The molecule has 1 N–H and O–H groups in total. The highest BCUT2D eigenvalue weighted by atomic mass is 35.5. The Bertz CT molecular complexity index is 1260. The number of nitrogens with one attached hydrogen (secondary N) is 1. The lowest BCUT2D eigenvalue weighted by atomic mass is 9.92. The van der Waals surface area contributed by atoms with Crippen molar-refractivity contribution in [2.75, 3.05) is 0 Å². The molecule has 0 bridgehead atoms. The van der Waals surface area contributed by atoms with Crippen LogP contribution in [0.4, 0.5) is 9.59 Å². The Morgan fingerprint density at radius 1 is 0.943 bits per heavy atom. The summed E-state index contributed by atoms with van der Waals surface area (Å²) >= 11 is 12.0. The van der Waals surface area contributed by atoms with Crippen LogP contribution in [0.1, 0.15) is 43.2 Å². The minimum atomic E-state index is -0.993. The molecule has 1 saturated carbocycles. The third-order valence-electron chi connectivity index (χ3n) is 6.43. The van der Waals surface area contributed by atoms with Crippen molar-refractivity contribution >= 4 is 46.2 Å². The van der Waals surface area contributed by atoms with E-state index in [1.54, 1.807) is 18.2 Å². The molecule has 0 radical (unpaired) electrons. The molecule has 1 aliphatic heterocycles. The third-order valence-corrected chi connectivity index (χ3v) is 7.17. The first-order chi connectivity index (χ1) is 16.9. The highest BCUT2D eigenvalue weighted by Gasteiger charge is 2.55. The molecule has 2 aliphatic rings. The summed E-state index contributed by atoms with van der Waals surface area (Å²) in [5.74, 6) is 0. The summed E-state index contributed by atoms with van der Waals surface area (Å²) in [5, 5.41) is 8.45. The minimum absolute atomic E-state index is 0.191. The minimum Gasteiger partial charge on any atom is -0.421 e. The average Bonchev–Trinajstić information content (AvgIpc) is 3.09. The first-order valence-corrected chi connectivity index (χ1v) is 12.4. The maximum Gasteiger partial charge on any atom is 0.429 e. The van der Waals surface area contributed by atoms with Crippen molar-refractivity contribution in [3.63, 3.8) is 0 Å². The fourth-order valence-electron chi connectivity index (χ4n) is 4.65. The monoisotopic (exact) mass is 513 g/mol. The molecule has 182 valence electrons. The molecule has 0 atom stereocenters. The van der Waals surface area contributed by atoms with Gasteiger partial charge in [0, 0.05) is 24.6 Å². The van der Waals surface area contributed by atoms with Gasteiger partial charge in [-0.15, -0.1) is 0 Å². The number of hydroxylamine groups is 1. The largest absolute Gasteiger partial charge is 0.429 e. The molecule has 5 rings (SSSR count). The van der Waals surface area contributed by atoms with Crippen LogP contribution in [0.3, 0.4) is 0 Å². The van der Waals surface area contributed by atoms with Crippen molar-refractivity contribution in [2.24, 2.45) is 0 Å². The number of halogens is 2. The zero-order chi connectivity index (χ0) is 24.4. The summed E-state index contributed by atoms with van der Waals surface area (Å²) in [7, 11) is 0. The molecular weight excluding hydrogens is 489 g/mol. The van der Waals surface area contributed by atoms with Crippen LogP contribution in [0, 0.1) is 0 Å². The summed E-state index contributed by atoms with van der Waals surface area (Å²) < 4.78 is 5.84. The van der Waals surface area contributed by atoms with Crippen molar-refractivity contribution < 1.29 is 19.2 Å². The molecule has 9 heteroatoms. The van der Waals surface area contributed by atoms with Crippen LogP contribution >= 0.6 is 23.2 Å². The number of rotatable bonds is 5. The van der Waals surface area contributed by atoms with E-state index in [1.807, 2.05) is 42.5 Å². The van der Waals surface area contributed by atoms with Crippen LogP contribution in [0.2, 0.25) is 10.0 Å². The standard InChI is InChI=1S/C26H25Cl2N3O4/c27-22-11-9-18(15-23(22)28)16-29-24(32)35-31-26(12-4-1-5-13-26)34-25(33)30(31)17-19-8-10-20-6-2-3-7-21(20)14-19/h2-3,6-11,14-15H,1,4-5,12-13,16-17H2,(H,29,32). The van der Waals surface area contributed by atoms with Crippen molar-refractivity contribution in [1.82, 2.24) is 15.5 Å². The number of fused-ring (bicyclic) bond motifs is 1. The summed E-state index contributed by atoms with van der Waals surface area (Å²) in [4.78, 5) is 31.5. The SMILES string of the molecule is O=C(NCc1ccc(Cl)c(Cl)c1)ON1N(Cc2ccc3ccccc3c2)C(=O)OC12CCCCC2. The van der Waals surface area contributed by atoms with E-state index in [-0.39, 0.29) is 13.1 Å². The normalized spacial score (nSPS) is 17.5. The topological polar surface area (TPSA) is 71.1 Å². The fraction of sp³-hybridized carbons (Fsp3) is 0.308. The molecule has 2 fully saturated rings. The maximum absolute atomic E-state index is 13.0. The van der Waals surface area contributed by atoms with Gasteiger partial charge in [0.05, 0.1) is 16.6 Å². The number of amides is 2. The number of carbonyl (C=O) groups excluding carboxylic acids is 2. The van der Waals surface area contributed by atoms with Gasteiger partial charge in [0.1, 0.15) is 0 Å². The zero-order valence-electron chi connectivity index (χ0n) is 19.0. The van der Waals surface area contributed by atoms with Crippen LogP contribution in [0.25, 0.3) is 10.8 Å². The van der Waals surface area contributed by atoms with Gasteiger partial charge < -0.3 is 14.9 Å². The number of hydrogen-bond donors (Lipinski definition) is 1. The highest BCUT2D eigenvalue weighted by Crippen LogP contribution is 2.41. The molecule has 35 heavy (non-hydrogen) atoms. The van der Waals surface area contributed by atoms with Crippen molar-refractivity contribution in [2.45, 2.75) is 50.9 Å². The Morgan fingerprint density at radius 2 is 1.69 bits per heavy atom. The van der Waals surface area contributed by atoms with Crippen LogP contribution in [0.15, 0.2) is 60.7 Å². The zero-order valence-corrected chi connectivity index (χ0v) is 20.5. The highest BCUT2D eigenvalue weighted by molar-refractivity contribution is 6.42. The molecule has 1 spiro atoms. The molecule has 0 unspecified atom stereocenters. The van der Waals surface area contributed by atoms with Gasteiger partial charge in [0.25, 0.3) is 0 Å². The van der Waals surface area contributed by atoms with Crippen LogP contribution in [-0.4, -0.2) is 28.1 Å². The Kier molecular flexibility index (Phi) is 6.73. The van der Waals surface area contributed by atoms with E-state index in [0.717, 1.165) is 41.2 Å². The molecular formula is C26H25Cl2N3O4. The van der Waals surface area contributed by atoms with E-state index in [4.69, 9.17) is 32.8 Å². The lowest BCUT2D eigenvalue weighted by Crippen LogP contribution is -2.53. The van der Waals surface area contributed by atoms with Gasteiger partial charge in [0.2, 0.25) is 5.72 Å². The molecule has 3 aromatic rings. The summed E-state index contributed by atoms with van der Waals surface area (Å²) in [6.45, 7) is 0.404. The maximum atomic E-state index is 13.0. The number of ether oxygens (including phenoxy) is 1. The third kappa shape index (κ3) is 5.03. The molecule has 0 aromatic heterocycles. The Morgan fingerprint density at radius 3 is 2.46 bits per heavy atom. The lowest BCUT2D eigenvalue weighted by molar-refractivity contribution is -0.300. The Hall–Kier alpha value is -3.00. The Balaban J connectivity index is 1.34. The Labute approximate surface area is 213 Å². The van der Waals surface area contributed by atoms with Gasteiger partial charge in [-0.3, -0.25) is 0 Å². The van der Waals surface area contributed by atoms with Gasteiger partial charge in [0.15, 0.2) is 0 Å². The molecule has 2 amide bonds. The van der Waals surface area contributed by atoms with E-state index in [0.29, 0.717) is 22.9 Å². The lowest BCUT2D eigenvalue weighted by Gasteiger charge is -2.37. The second kappa shape index (κ2) is 9.93. The first-order valence-electron chi connectivity index (χ1n) is 11.6. The van der Waals surface area contributed by atoms with Crippen molar-refractivity contribution in [1.29, 1.82) is 0 Å². The van der Waals surface area contributed by atoms with E-state index < -0.39 is 17.9 Å². The molecule has 1 aliphatic carbocycles. The fourth-order valence-corrected chi connectivity index (χ4v) is 4.97. The van der Waals surface area contributed by atoms with E-state index in [1.165, 1.54) is 10.2 Å². The number of benzene rings is 3. The van der Waals surface area contributed by atoms with Crippen LogP contribution < -0.4 is 5.32 Å². The van der Waals surface area contributed by atoms with Crippen LogP contribution in [-0.2, 0) is 22.7 Å². The number of hydrogen-bond acceptors (Lipinski definition) is 5. The number of nitrogens with zero attached hydrogens (tertiary/aromatic N) is 2. The van der Waals surface area contributed by atoms with Gasteiger partial charge >= 0.3 is 12.2 Å². The quantitative estimate of drug-likeness (QED) is 0.405. The predicted molar refractivity (Wildman–Crippen MR) is 133 cm³/mol. The van der Waals surface area contributed by atoms with Gasteiger partial charge in [-0.05, 0) is 52.9 Å².